The van der Waals surface area contributed by atoms with E-state index < -0.39 is 0 Å². The van der Waals surface area contributed by atoms with Gasteiger partial charge in [0.15, 0.2) is 5.65 Å². The lowest BCUT2D eigenvalue weighted by Crippen LogP contribution is -2.30. The molecule has 0 bridgehead atoms. The van der Waals surface area contributed by atoms with Gasteiger partial charge in [-0.15, -0.1) is 0 Å². The highest BCUT2D eigenvalue weighted by Crippen LogP contribution is 2.33. The van der Waals surface area contributed by atoms with Crippen molar-refractivity contribution in [2.75, 3.05) is 11.9 Å². The minimum absolute atomic E-state index is 0.630. The third-order valence-electron chi connectivity index (χ3n) is 6.43. The van der Waals surface area contributed by atoms with Gasteiger partial charge in [0.2, 0.25) is 0 Å². The van der Waals surface area contributed by atoms with E-state index in [4.69, 9.17) is 11.6 Å². The highest BCUT2D eigenvalue weighted by atomic mass is 35.5. The number of halogens is 1. The summed E-state index contributed by atoms with van der Waals surface area (Å²) in [7, 11) is 0. The van der Waals surface area contributed by atoms with Crippen LogP contribution in [0.4, 0.5) is 11.5 Å². The second-order valence-electron chi connectivity index (χ2n) is 9.03. The van der Waals surface area contributed by atoms with E-state index in [2.05, 4.69) is 66.6 Å². The van der Waals surface area contributed by atoms with Crippen molar-refractivity contribution in [2.45, 2.75) is 26.4 Å². The molecule has 0 atom stereocenters. The number of nitrogens with zero attached hydrogens (tertiary/aromatic N) is 4. The number of benzene rings is 2. The van der Waals surface area contributed by atoms with Crippen LogP contribution in [0.1, 0.15) is 22.3 Å². The van der Waals surface area contributed by atoms with E-state index in [1.807, 2.05) is 43.6 Å². The van der Waals surface area contributed by atoms with Crippen molar-refractivity contribution in [3.8, 4) is 11.4 Å². The van der Waals surface area contributed by atoms with E-state index in [0.717, 1.165) is 54.2 Å². The molecule has 6 nitrogen and oxygen atoms in total. The van der Waals surface area contributed by atoms with Gasteiger partial charge >= 0.3 is 0 Å². The van der Waals surface area contributed by atoms with Crippen LogP contribution in [0.5, 0.6) is 0 Å². The van der Waals surface area contributed by atoms with Crippen LogP contribution < -0.4 is 5.32 Å². The zero-order valence-corrected chi connectivity index (χ0v) is 20.2. The maximum Gasteiger partial charge on any atom is 0.178 e. The molecule has 4 heterocycles. The summed E-state index contributed by atoms with van der Waals surface area (Å²) in [6, 6.07) is 20.7. The van der Waals surface area contributed by atoms with Gasteiger partial charge in [0.25, 0.3) is 0 Å². The Morgan fingerprint density at radius 2 is 1.94 bits per heavy atom. The van der Waals surface area contributed by atoms with Crippen molar-refractivity contribution >= 4 is 34.3 Å². The zero-order chi connectivity index (χ0) is 23.8. The Bertz CT molecular complexity index is 1510. The molecule has 7 heteroatoms. The second-order valence-corrected chi connectivity index (χ2v) is 9.44. The SMILES string of the molecule is Cc1cnc2nc(-c3cc(Nc4nccc5c4CCN(Cc4ccccc4)C5)ccc3Cl)[nH]c2c1. The monoisotopic (exact) mass is 480 g/mol. The fraction of sp³-hybridized carbons (Fsp3) is 0.179. The minimum Gasteiger partial charge on any atom is -0.340 e. The number of imidazole rings is 1. The number of anilines is 2. The van der Waals surface area contributed by atoms with Crippen molar-refractivity contribution in [3.63, 3.8) is 0 Å². The maximum absolute atomic E-state index is 6.56. The van der Waals surface area contributed by atoms with Gasteiger partial charge in [-0.25, -0.2) is 15.0 Å². The number of hydrogen-bond acceptors (Lipinski definition) is 5. The number of H-pyrrole nitrogens is 1. The number of aryl methyl sites for hydroxylation is 1. The molecule has 6 rings (SSSR count). The largest absolute Gasteiger partial charge is 0.340 e. The Morgan fingerprint density at radius 1 is 1.06 bits per heavy atom. The number of aromatic amines is 1. The number of hydrogen-bond donors (Lipinski definition) is 2. The molecule has 3 aromatic heterocycles. The van der Waals surface area contributed by atoms with E-state index >= 15 is 0 Å². The fourth-order valence-electron chi connectivity index (χ4n) is 4.69. The highest BCUT2D eigenvalue weighted by molar-refractivity contribution is 6.33. The Labute approximate surface area is 209 Å². The Morgan fingerprint density at radius 3 is 2.83 bits per heavy atom. The Hall–Kier alpha value is -3.74. The molecule has 0 saturated carbocycles. The van der Waals surface area contributed by atoms with Gasteiger partial charge in [-0.3, -0.25) is 4.90 Å². The van der Waals surface area contributed by atoms with Gasteiger partial charge in [-0.2, -0.15) is 0 Å². The van der Waals surface area contributed by atoms with E-state index in [-0.39, 0.29) is 0 Å². The summed E-state index contributed by atoms with van der Waals surface area (Å²) in [4.78, 5) is 19.6. The van der Waals surface area contributed by atoms with Crippen molar-refractivity contribution in [1.29, 1.82) is 0 Å². The van der Waals surface area contributed by atoms with Crippen LogP contribution in [-0.2, 0) is 19.5 Å². The standard InChI is InChI=1S/C28H25ClN6/c1-18-13-25-28(31-15-18)34-27(33-25)23-14-21(7-8-24(23)29)32-26-22-10-12-35(17-20(22)9-11-30-26)16-19-5-3-2-4-6-19/h2-9,11,13-15H,10,12,16-17H2,1H3,(H,30,32)(H,31,33,34). The quantitative estimate of drug-likeness (QED) is 0.309. The molecule has 0 amide bonds. The Kier molecular flexibility index (Phi) is 5.68. The molecule has 0 aliphatic carbocycles. The highest BCUT2D eigenvalue weighted by Gasteiger charge is 2.20. The maximum atomic E-state index is 6.56. The summed E-state index contributed by atoms with van der Waals surface area (Å²) in [6.45, 7) is 4.88. The normalized spacial score (nSPS) is 13.7. The van der Waals surface area contributed by atoms with Crippen molar-refractivity contribution in [3.05, 3.63) is 100 Å². The molecule has 0 fully saturated rings. The molecule has 174 valence electrons. The molecule has 2 N–H and O–H groups in total. The average Bonchev–Trinajstić information content (AvgIpc) is 3.29. The zero-order valence-electron chi connectivity index (χ0n) is 19.4. The first-order valence-corrected chi connectivity index (χ1v) is 12.1. The lowest BCUT2D eigenvalue weighted by atomic mass is 10.00. The van der Waals surface area contributed by atoms with Crippen LogP contribution in [0.15, 0.2) is 73.1 Å². The van der Waals surface area contributed by atoms with Gasteiger partial charge in [0.05, 0.1) is 10.5 Å². The molecular weight excluding hydrogens is 456 g/mol. The molecule has 0 saturated heterocycles. The van der Waals surface area contributed by atoms with Gasteiger partial charge in [-0.1, -0.05) is 41.9 Å². The molecule has 0 radical (unpaired) electrons. The van der Waals surface area contributed by atoms with Crippen molar-refractivity contribution in [1.82, 2.24) is 24.8 Å². The molecule has 0 spiro atoms. The molecular formula is C28H25ClN6. The van der Waals surface area contributed by atoms with Crippen molar-refractivity contribution < 1.29 is 0 Å². The molecule has 5 aromatic rings. The smallest absolute Gasteiger partial charge is 0.178 e. The van der Waals surface area contributed by atoms with Crippen LogP contribution in [0.3, 0.4) is 0 Å². The topological polar surface area (TPSA) is 69.7 Å². The van der Waals surface area contributed by atoms with Gasteiger partial charge < -0.3 is 10.3 Å². The summed E-state index contributed by atoms with van der Waals surface area (Å²) < 4.78 is 0. The Balaban J connectivity index is 1.25. The first-order chi connectivity index (χ1) is 17.1. The average molecular weight is 481 g/mol. The van der Waals surface area contributed by atoms with Gasteiger partial charge in [-0.05, 0) is 60.4 Å². The molecule has 0 unspecified atom stereocenters. The minimum atomic E-state index is 0.630. The van der Waals surface area contributed by atoms with Crippen LogP contribution in [0.2, 0.25) is 5.02 Å². The lowest BCUT2D eigenvalue weighted by molar-refractivity contribution is 0.245. The molecule has 1 aliphatic rings. The van der Waals surface area contributed by atoms with E-state index in [1.54, 1.807) is 0 Å². The number of rotatable bonds is 5. The predicted octanol–water partition coefficient (Wildman–Crippen LogP) is 6.28. The fourth-order valence-corrected chi connectivity index (χ4v) is 4.89. The molecule has 1 aliphatic heterocycles. The second kappa shape index (κ2) is 9.13. The lowest BCUT2D eigenvalue weighted by Gasteiger charge is -2.29. The third-order valence-corrected chi connectivity index (χ3v) is 6.76. The van der Waals surface area contributed by atoms with E-state index in [9.17, 15) is 0 Å². The number of nitrogens with one attached hydrogen (secondary N) is 2. The summed E-state index contributed by atoms with van der Waals surface area (Å²) >= 11 is 6.56. The van der Waals surface area contributed by atoms with Crippen LogP contribution in [0.25, 0.3) is 22.6 Å². The summed E-state index contributed by atoms with van der Waals surface area (Å²) in [5.74, 6) is 1.60. The summed E-state index contributed by atoms with van der Waals surface area (Å²) in [5.41, 5.74) is 8.33. The van der Waals surface area contributed by atoms with E-state index in [1.165, 1.54) is 16.7 Å². The van der Waals surface area contributed by atoms with Crippen LogP contribution in [-0.4, -0.2) is 31.4 Å². The first kappa shape index (κ1) is 21.8. The molecule has 2 aromatic carbocycles. The number of pyridine rings is 2. The van der Waals surface area contributed by atoms with Crippen molar-refractivity contribution in [2.24, 2.45) is 0 Å². The molecule has 35 heavy (non-hydrogen) atoms. The predicted molar refractivity (Wildman–Crippen MR) is 141 cm³/mol. The van der Waals surface area contributed by atoms with Crippen LogP contribution >= 0.6 is 11.6 Å². The van der Waals surface area contributed by atoms with Crippen LogP contribution in [0, 0.1) is 6.92 Å². The third kappa shape index (κ3) is 4.50. The van der Waals surface area contributed by atoms with Gasteiger partial charge in [0.1, 0.15) is 11.6 Å². The first-order valence-electron chi connectivity index (χ1n) is 11.7. The number of aromatic nitrogens is 4. The van der Waals surface area contributed by atoms with E-state index in [0.29, 0.717) is 16.5 Å². The number of fused-ring (bicyclic) bond motifs is 2. The summed E-state index contributed by atoms with van der Waals surface area (Å²) in [5, 5.41) is 4.16. The van der Waals surface area contributed by atoms with Gasteiger partial charge in [0, 0.05) is 48.8 Å². The summed E-state index contributed by atoms with van der Waals surface area (Å²) in [6.07, 6.45) is 4.66.